The van der Waals surface area contributed by atoms with Crippen LogP contribution in [0.25, 0.3) is 10.6 Å². The van der Waals surface area contributed by atoms with Gasteiger partial charge in [-0.25, -0.2) is 15.0 Å². The standard InChI is InChI=1S/C22H24N6O3S.2ClH/c1-13-8-9-23-19(11-13)27-18-7-3-5-15(26-18)17-12-24-22(32-17)28-10-4-6-16(28)20(29)25-14(2)21(30)31;;/h3,5,7-9,11-12,14,16H,4,6,10H2,1-2H3,(H,25,29)(H,30,31)(H,23,26,27);2*1H/t14-,16-;;/m0../s1. The second-order valence-corrected chi connectivity index (χ2v) is 8.69. The highest BCUT2D eigenvalue weighted by Gasteiger charge is 2.33. The molecule has 0 aromatic carbocycles. The quantitative estimate of drug-likeness (QED) is 0.423. The van der Waals surface area contributed by atoms with Crippen molar-refractivity contribution in [2.75, 3.05) is 16.8 Å². The van der Waals surface area contributed by atoms with E-state index >= 15 is 0 Å². The SMILES string of the molecule is Cc1ccnc(Nc2cccc(-c3cnc(N4CCC[C@H]4C(=O)N[C@@H](C)C(=O)O)s3)n2)c1.Cl.Cl. The van der Waals surface area contributed by atoms with Crippen LogP contribution in [-0.4, -0.2) is 50.6 Å². The van der Waals surface area contributed by atoms with Crippen LogP contribution in [0.15, 0.2) is 42.7 Å². The second-order valence-electron chi connectivity index (χ2n) is 7.68. The molecule has 1 saturated heterocycles. The maximum atomic E-state index is 12.6. The molecule has 1 fully saturated rings. The van der Waals surface area contributed by atoms with Gasteiger partial charge in [0.1, 0.15) is 23.7 Å². The molecule has 0 saturated carbocycles. The molecule has 9 nitrogen and oxygen atoms in total. The zero-order valence-electron chi connectivity index (χ0n) is 18.6. The van der Waals surface area contributed by atoms with Gasteiger partial charge in [0.15, 0.2) is 5.13 Å². The summed E-state index contributed by atoms with van der Waals surface area (Å²) in [6.45, 7) is 4.16. The number of hydrogen-bond acceptors (Lipinski definition) is 8. The molecule has 1 aliphatic heterocycles. The Labute approximate surface area is 213 Å². The smallest absolute Gasteiger partial charge is 0.325 e. The fourth-order valence-electron chi connectivity index (χ4n) is 3.53. The average molecular weight is 525 g/mol. The number of carbonyl (C=O) groups excluding carboxylic acids is 1. The van der Waals surface area contributed by atoms with E-state index in [0.29, 0.717) is 18.8 Å². The fourth-order valence-corrected chi connectivity index (χ4v) is 4.49. The Bertz CT molecular complexity index is 1150. The number of aromatic nitrogens is 3. The predicted octanol–water partition coefficient (Wildman–Crippen LogP) is 4.05. The van der Waals surface area contributed by atoms with Gasteiger partial charge in [0.2, 0.25) is 5.91 Å². The number of hydrogen-bond donors (Lipinski definition) is 3. The first-order valence-corrected chi connectivity index (χ1v) is 11.1. The summed E-state index contributed by atoms with van der Waals surface area (Å²) in [4.78, 5) is 40.0. The molecule has 3 aromatic heterocycles. The first-order valence-electron chi connectivity index (χ1n) is 10.3. The molecule has 3 aromatic rings. The van der Waals surface area contributed by atoms with Gasteiger partial charge in [-0.05, 0) is 56.5 Å². The number of nitrogens with zero attached hydrogens (tertiary/aromatic N) is 4. The lowest BCUT2D eigenvalue weighted by Crippen LogP contribution is -2.48. The third-order valence-electron chi connectivity index (χ3n) is 5.20. The number of carbonyl (C=O) groups is 2. The van der Waals surface area contributed by atoms with Crippen molar-refractivity contribution < 1.29 is 14.7 Å². The molecule has 0 bridgehead atoms. The Morgan fingerprint density at radius 1 is 1.21 bits per heavy atom. The molecule has 0 spiro atoms. The van der Waals surface area contributed by atoms with Crippen LogP contribution < -0.4 is 15.5 Å². The first-order chi connectivity index (χ1) is 15.4. The van der Waals surface area contributed by atoms with E-state index in [2.05, 4.69) is 25.6 Å². The van der Waals surface area contributed by atoms with Crippen molar-refractivity contribution in [3.63, 3.8) is 0 Å². The molecule has 2 atom stereocenters. The monoisotopic (exact) mass is 524 g/mol. The molecule has 1 amide bonds. The largest absolute Gasteiger partial charge is 0.480 e. The Kier molecular flexibility index (Phi) is 9.60. The molecule has 4 heterocycles. The van der Waals surface area contributed by atoms with E-state index in [1.807, 2.05) is 42.2 Å². The zero-order chi connectivity index (χ0) is 22.7. The number of aryl methyl sites for hydroxylation is 1. The van der Waals surface area contributed by atoms with E-state index in [9.17, 15) is 9.59 Å². The van der Waals surface area contributed by atoms with Gasteiger partial charge in [-0.3, -0.25) is 9.59 Å². The molecule has 12 heteroatoms. The van der Waals surface area contributed by atoms with Crippen LogP contribution in [0.4, 0.5) is 16.8 Å². The average Bonchev–Trinajstić information content (AvgIpc) is 3.43. The van der Waals surface area contributed by atoms with Gasteiger partial charge in [0.05, 0.1) is 10.6 Å². The number of carboxylic acid groups (broad SMARTS) is 1. The van der Waals surface area contributed by atoms with Crippen molar-refractivity contribution >= 4 is 64.8 Å². The topological polar surface area (TPSA) is 120 Å². The second kappa shape index (κ2) is 12.0. The zero-order valence-corrected chi connectivity index (χ0v) is 21.0. The lowest BCUT2D eigenvalue weighted by Gasteiger charge is -2.24. The Hall–Kier alpha value is -2.95. The number of anilines is 3. The third-order valence-corrected chi connectivity index (χ3v) is 6.25. The summed E-state index contributed by atoms with van der Waals surface area (Å²) in [6, 6.07) is 8.22. The summed E-state index contributed by atoms with van der Waals surface area (Å²) in [7, 11) is 0. The molecular formula is C22H26Cl2N6O3S. The third kappa shape index (κ3) is 6.34. The van der Waals surface area contributed by atoms with Gasteiger partial charge >= 0.3 is 5.97 Å². The number of thiazole rings is 1. The number of carboxylic acids is 1. The molecule has 0 radical (unpaired) electrons. The van der Waals surface area contributed by atoms with Gasteiger partial charge in [-0.1, -0.05) is 17.4 Å². The minimum absolute atomic E-state index is 0. The Morgan fingerprint density at radius 2 is 2.00 bits per heavy atom. The number of halogens is 2. The normalized spacial score (nSPS) is 15.6. The van der Waals surface area contributed by atoms with Crippen LogP contribution in [0.3, 0.4) is 0 Å². The number of pyridine rings is 2. The van der Waals surface area contributed by atoms with Crippen molar-refractivity contribution in [3.05, 3.63) is 48.3 Å². The van der Waals surface area contributed by atoms with Crippen molar-refractivity contribution in [1.29, 1.82) is 0 Å². The van der Waals surface area contributed by atoms with Gasteiger partial charge in [0.25, 0.3) is 0 Å². The number of rotatable bonds is 7. The number of nitrogens with one attached hydrogen (secondary N) is 2. The molecule has 1 aliphatic rings. The van der Waals surface area contributed by atoms with Crippen LogP contribution in [0, 0.1) is 6.92 Å². The molecule has 3 N–H and O–H groups in total. The Balaban J connectivity index is 0.00000204. The van der Waals surface area contributed by atoms with E-state index < -0.39 is 18.1 Å². The van der Waals surface area contributed by atoms with Gasteiger partial charge < -0.3 is 20.6 Å². The maximum absolute atomic E-state index is 12.6. The van der Waals surface area contributed by atoms with E-state index in [-0.39, 0.29) is 30.7 Å². The van der Waals surface area contributed by atoms with Crippen molar-refractivity contribution in [2.45, 2.75) is 38.8 Å². The van der Waals surface area contributed by atoms with E-state index in [1.54, 1.807) is 12.4 Å². The van der Waals surface area contributed by atoms with Crippen LogP contribution >= 0.6 is 36.2 Å². The summed E-state index contributed by atoms with van der Waals surface area (Å²) in [5.74, 6) is 0.0572. The minimum Gasteiger partial charge on any atom is -0.480 e. The van der Waals surface area contributed by atoms with Crippen LogP contribution in [0.2, 0.25) is 0 Å². The predicted molar refractivity (Wildman–Crippen MR) is 138 cm³/mol. The summed E-state index contributed by atoms with van der Waals surface area (Å²) in [5, 5.41) is 15.6. The fraction of sp³-hybridized carbons (Fsp3) is 0.318. The molecule has 182 valence electrons. The minimum atomic E-state index is -1.06. The van der Waals surface area contributed by atoms with Crippen molar-refractivity contribution in [2.24, 2.45) is 0 Å². The molecular weight excluding hydrogens is 499 g/mol. The first kappa shape index (κ1) is 27.3. The van der Waals surface area contributed by atoms with E-state index in [4.69, 9.17) is 5.11 Å². The van der Waals surface area contributed by atoms with Gasteiger partial charge in [0, 0.05) is 18.9 Å². The molecule has 34 heavy (non-hydrogen) atoms. The summed E-state index contributed by atoms with van der Waals surface area (Å²) in [5.41, 5.74) is 1.87. The molecule has 0 aliphatic carbocycles. The summed E-state index contributed by atoms with van der Waals surface area (Å²) in [6.07, 6.45) is 5.00. The van der Waals surface area contributed by atoms with E-state index in [0.717, 1.165) is 33.5 Å². The lowest BCUT2D eigenvalue weighted by molar-refractivity contribution is -0.141. The molecule has 0 unspecified atom stereocenters. The van der Waals surface area contributed by atoms with Crippen LogP contribution in [0.5, 0.6) is 0 Å². The lowest BCUT2D eigenvalue weighted by atomic mass is 10.2. The highest BCUT2D eigenvalue weighted by molar-refractivity contribution is 7.18. The highest BCUT2D eigenvalue weighted by atomic mass is 35.5. The van der Waals surface area contributed by atoms with E-state index in [1.165, 1.54) is 18.3 Å². The molecule has 4 rings (SSSR count). The summed E-state index contributed by atoms with van der Waals surface area (Å²) < 4.78 is 0. The van der Waals surface area contributed by atoms with Crippen LogP contribution in [0.1, 0.15) is 25.3 Å². The van der Waals surface area contributed by atoms with Crippen LogP contribution in [-0.2, 0) is 9.59 Å². The van der Waals surface area contributed by atoms with Gasteiger partial charge in [-0.15, -0.1) is 24.8 Å². The number of aliphatic carboxylic acids is 1. The Morgan fingerprint density at radius 3 is 2.74 bits per heavy atom. The maximum Gasteiger partial charge on any atom is 0.325 e. The van der Waals surface area contributed by atoms with Crippen molar-refractivity contribution in [1.82, 2.24) is 20.3 Å². The number of amides is 1. The highest BCUT2D eigenvalue weighted by Crippen LogP contribution is 2.34. The summed E-state index contributed by atoms with van der Waals surface area (Å²) >= 11 is 1.46. The van der Waals surface area contributed by atoms with Gasteiger partial charge in [-0.2, -0.15) is 0 Å². The van der Waals surface area contributed by atoms with Crippen molar-refractivity contribution in [3.8, 4) is 10.6 Å².